The number of halogens is 1. The lowest BCUT2D eigenvalue weighted by molar-refractivity contribution is -0.153. The summed E-state index contributed by atoms with van der Waals surface area (Å²) in [6.45, 7) is 3.52. The van der Waals surface area contributed by atoms with E-state index < -0.39 is 18.0 Å². The Morgan fingerprint density at radius 3 is 2.62 bits per heavy atom. The lowest BCUT2D eigenvalue weighted by Crippen LogP contribution is -2.30. The Labute approximate surface area is 173 Å². The van der Waals surface area contributed by atoms with E-state index in [2.05, 4.69) is 10.3 Å². The first-order valence-corrected chi connectivity index (χ1v) is 9.57. The highest BCUT2D eigenvalue weighted by atomic mass is 35.5. The molecule has 0 fully saturated rings. The summed E-state index contributed by atoms with van der Waals surface area (Å²) in [5, 5.41) is 3.05. The molecule has 29 heavy (non-hydrogen) atoms. The number of carbonyl (C=O) groups is 2. The fourth-order valence-electron chi connectivity index (χ4n) is 2.59. The van der Waals surface area contributed by atoms with Crippen LogP contribution in [-0.2, 0) is 20.7 Å². The molecule has 0 saturated heterocycles. The van der Waals surface area contributed by atoms with Crippen LogP contribution in [0.2, 0.25) is 5.02 Å². The summed E-state index contributed by atoms with van der Waals surface area (Å²) in [6.07, 6.45) is 1.01. The zero-order chi connectivity index (χ0) is 20.8. The van der Waals surface area contributed by atoms with Crippen LogP contribution >= 0.6 is 11.6 Å². The summed E-state index contributed by atoms with van der Waals surface area (Å²) < 4.78 is 10.9. The van der Waals surface area contributed by atoms with Gasteiger partial charge in [-0.15, -0.1) is 0 Å². The van der Waals surface area contributed by atoms with Crippen LogP contribution in [0, 0.1) is 6.92 Å². The number of nitrogens with zero attached hydrogens (tertiary/aromatic N) is 1. The number of aromatic nitrogens is 1. The Morgan fingerprint density at radius 1 is 1.17 bits per heavy atom. The molecule has 0 aliphatic heterocycles. The number of hydrogen-bond acceptors (Lipinski definition) is 5. The van der Waals surface area contributed by atoms with Crippen molar-refractivity contribution >= 4 is 29.2 Å². The van der Waals surface area contributed by atoms with Crippen LogP contribution in [0.25, 0.3) is 11.3 Å². The summed E-state index contributed by atoms with van der Waals surface area (Å²) in [4.78, 5) is 28.4. The molecule has 1 heterocycles. The number of rotatable bonds is 7. The quantitative estimate of drug-likeness (QED) is 0.563. The maximum absolute atomic E-state index is 12.2. The predicted molar refractivity (Wildman–Crippen MR) is 111 cm³/mol. The number of nitrogens with one attached hydrogen (secondary N) is 1. The molecular formula is C22H21ClN2O4. The molecule has 3 rings (SSSR count). The first kappa shape index (κ1) is 20.6. The van der Waals surface area contributed by atoms with Crippen molar-refractivity contribution in [3.05, 3.63) is 71.2 Å². The van der Waals surface area contributed by atoms with E-state index in [1.165, 1.54) is 6.92 Å². The van der Waals surface area contributed by atoms with Crippen molar-refractivity contribution in [1.82, 2.24) is 4.98 Å². The van der Waals surface area contributed by atoms with Crippen molar-refractivity contribution in [3.63, 3.8) is 0 Å². The molecule has 150 valence electrons. The van der Waals surface area contributed by atoms with E-state index in [9.17, 15) is 9.59 Å². The van der Waals surface area contributed by atoms with Crippen LogP contribution in [0.3, 0.4) is 0 Å². The minimum absolute atomic E-state index is 0.0531. The standard InChI is InChI=1S/C22H21ClN2O4/c1-14-7-9-16(10-8-14)19-13-24-20(29-19)11-12-21(26)28-15(2)22(27)25-18-6-4-3-5-17(18)23/h3-10,13,15H,11-12H2,1-2H3,(H,25,27). The van der Waals surface area contributed by atoms with Crippen LogP contribution in [0.5, 0.6) is 0 Å². The molecule has 1 atom stereocenters. The molecule has 0 aliphatic carbocycles. The van der Waals surface area contributed by atoms with Crippen LogP contribution in [0.1, 0.15) is 24.8 Å². The molecule has 2 aromatic carbocycles. The number of carbonyl (C=O) groups excluding carboxylic acids is 2. The van der Waals surface area contributed by atoms with Gasteiger partial charge < -0.3 is 14.5 Å². The maximum atomic E-state index is 12.2. The van der Waals surface area contributed by atoms with Gasteiger partial charge in [-0.3, -0.25) is 9.59 Å². The number of hydrogen-bond donors (Lipinski definition) is 1. The Bertz CT molecular complexity index is 998. The van der Waals surface area contributed by atoms with E-state index in [0.29, 0.717) is 22.4 Å². The number of oxazole rings is 1. The topological polar surface area (TPSA) is 81.4 Å². The highest BCUT2D eigenvalue weighted by Gasteiger charge is 2.19. The van der Waals surface area contributed by atoms with E-state index in [0.717, 1.165) is 11.1 Å². The fourth-order valence-corrected chi connectivity index (χ4v) is 2.78. The van der Waals surface area contributed by atoms with E-state index >= 15 is 0 Å². The SMILES string of the molecule is Cc1ccc(-c2cnc(CCC(=O)OC(C)C(=O)Nc3ccccc3Cl)o2)cc1. The third kappa shape index (κ3) is 5.68. The predicted octanol–water partition coefficient (Wildman–Crippen LogP) is 4.81. The molecule has 7 heteroatoms. The van der Waals surface area contributed by atoms with Crippen molar-refractivity contribution in [3.8, 4) is 11.3 Å². The molecular weight excluding hydrogens is 392 g/mol. The van der Waals surface area contributed by atoms with Crippen molar-refractivity contribution in [2.24, 2.45) is 0 Å². The normalized spacial score (nSPS) is 11.7. The van der Waals surface area contributed by atoms with Crippen LogP contribution < -0.4 is 5.32 Å². The van der Waals surface area contributed by atoms with Gasteiger partial charge in [0, 0.05) is 12.0 Å². The number of para-hydroxylation sites is 1. The average Bonchev–Trinajstić information content (AvgIpc) is 3.17. The lowest BCUT2D eigenvalue weighted by atomic mass is 10.1. The van der Waals surface area contributed by atoms with Crippen molar-refractivity contribution in [1.29, 1.82) is 0 Å². The third-order valence-corrected chi connectivity index (χ3v) is 4.57. The minimum atomic E-state index is -0.952. The van der Waals surface area contributed by atoms with Gasteiger partial charge in [0.1, 0.15) is 0 Å². The van der Waals surface area contributed by atoms with Gasteiger partial charge in [-0.1, -0.05) is 53.6 Å². The van der Waals surface area contributed by atoms with E-state index in [4.69, 9.17) is 20.8 Å². The minimum Gasteiger partial charge on any atom is -0.453 e. The number of ether oxygens (including phenoxy) is 1. The first-order chi connectivity index (χ1) is 13.9. The second-order valence-electron chi connectivity index (χ2n) is 6.59. The average molecular weight is 413 g/mol. The summed E-state index contributed by atoms with van der Waals surface area (Å²) in [5.74, 6) is 0.109. The molecule has 1 amide bonds. The Balaban J connectivity index is 1.49. The van der Waals surface area contributed by atoms with Gasteiger partial charge in [-0.05, 0) is 26.0 Å². The second-order valence-corrected chi connectivity index (χ2v) is 6.99. The highest BCUT2D eigenvalue weighted by Crippen LogP contribution is 2.22. The molecule has 0 bridgehead atoms. The Morgan fingerprint density at radius 2 is 1.90 bits per heavy atom. The molecule has 3 aromatic rings. The van der Waals surface area contributed by atoms with Gasteiger partial charge in [0.15, 0.2) is 17.8 Å². The molecule has 0 spiro atoms. The van der Waals surface area contributed by atoms with Crippen LogP contribution in [0.15, 0.2) is 59.1 Å². The molecule has 1 aromatic heterocycles. The molecule has 0 saturated carbocycles. The Hall–Kier alpha value is -3.12. The molecule has 0 aliphatic rings. The van der Waals surface area contributed by atoms with Gasteiger partial charge in [-0.25, -0.2) is 4.98 Å². The number of aryl methyl sites for hydroxylation is 2. The van der Waals surface area contributed by atoms with E-state index in [1.54, 1.807) is 30.5 Å². The second kappa shape index (κ2) is 9.39. The van der Waals surface area contributed by atoms with Gasteiger partial charge >= 0.3 is 5.97 Å². The van der Waals surface area contributed by atoms with E-state index in [1.807, 2.05) is 31.2 Å². The van der Waals surface area contributed by atoms with Gasteiger partial charge in [-0.2, -0.15) is 0 Å². The summed E-state index contributed by atoms with van der Waals surface area (Å²) in [5.41, 5.74) is 2.54. The highest BCUT2D eigenvalue weighted by molar-refractivity contribution is 6.33. The number of benzene rings is 2. The summed E-state index contributed by atoms with van der Waals surface area (Å²) in [7, 11) is 0. The molecule has 1 N–H and O–H groups in total. The van der Waals surface area contributed by atoms with Crippen molar-refractivity contribution < 1.29 is 18.7 Å². The fraction of sp³-hybridized carbons (Fsp3) is 0.227. The number of amides is 1. The van der Waals surface area contributed by atoms with Gasteiger partial charge in [0.25, 0.3) is 5.91 Å². The number of anilines is 1. The summed E-state index contributed by atoms with van der Waals surface area (Å²) in [6, 6.07) is 14.7. The zero-order valence-electron chi connectivity index (χ0n) is 16.1. The lowest BCUT2D eigenvalue weighted by Gasteiger charge is -2.14. The maximum Gasteiger partial charge on any atom is 0.307 e. The van der Waals surface area contributed by atoms with Crippen molar-refractivity contribution in [2.75, 3.05) is 5.32 Å². The van der Waals surface area contributed by atoms with E-state index in [-0.39, 0.29) is 12.8 Å². The first-order valence-electron chi connectivity index (χ1n) is 9.19. The van der Waals surface area contributed by atoms with Crippen LogP contribution in [-0.4, -0.2) is 23.0 Å². The molecule has 0 radical (unpaired) electrons. The van der Waals surface area contributed by atoms with Crippen molar-refractivity contribution in [2.45, 2.75) is 32.8 Å². The molecule has 1 unspecified atom stereocenters. The third-order valence-electron chi connectivity index (χ3n) is 4.24. The molecule has 6 nitrogen and oxygen atoms in total. The van der Waals surface area contributed by atoms with Gasteiger partial charge in [0.05, 0.1) is 23.3 Å². The monoisotopic (exact) mass is 412 g/mol. The smallest absolute Gasteiger partial charge is 0.307 e. The zero-order valence-corrected chi connectivity index (χ0v) is 16.9. The largest absolute Gasteiger partial charge is 0.453 e. The number of esters is 1. The Kier molecular flexibility index (Phi) is 6.67. The summed E-state index contributed by atoms with van der Waals surface area (Å²) >= 11 is 6.01. The van der Waals surface area contributed by atoms with Crippen LogP contribution in [0.4, 0.5) is 5.69 Å². The van der Waals surface area contributed by atoms with Gasteiger partial charge in [0.2, 0.25) is 0 Å².